The fraction of sp³-hybridized carbons (Fsp3) is 0.273. The molecule has 0 spiro atoms. The van der Waals surface area contributed by atoms with E-state index in [-0.39, 0.29) is 5.56 Å². The molecule has 0 saturated heterocycles. The zero-order valence-corrected chi connectivity index (χ0v) is 17.0. The minimum Gasteiger partial charge on any atom is -0.493 e. The maximum atomic E-state index is 12.4. The van der Waals surface area contributed by atoms with Crippen molar-refractivity contribution >= 4 is 28.4 Å². The van der Waals surface area contributed by atoms with E-state index >= 15 is 0 Å². The molecule has 0 aliphatic carbocycles. The van der Waals surface area contributed by atoms with E-state index in [9.17, 15) is 4.79 Å². The van der Waals surface area contributed by atoms with E-state index in [1.807, 2.05) is 37.3 Å². The normalized spacial score (nSPS) is 11.6. The van der Waals surface area contributed by atoms with Gasteiger partial charge in [0.25, 0.3) is 5.56 Å². The summed E-state index contributed by atoms with van der Waals surface area (Å²) in [5.74, 6) is 1.33. The third kappa shape index (κ3) is 4.37. The number of pyridine rings is 1. The summed E-state index contributed by atoms with van der Waals surface area (Å²) in [4.78, 5) is 16.9. The van der Waals surface area contributed by atoms with Gasteiger partial charge in [0.05, 0.1) is 24.4 Å². The van der Waals surface area contributed by atoms with Gasteiger partial charge in [-0.15, -0.1) is 0 Å². The van der Waals surface area contributed by atoms with Crippen molar-refractivity contribution in [1.29, 1.82) is 0 Å². The van der Waals surface area contributed by atoms with Gasteiger partial charge in [-0.1, -0.05) is 37.1 Å². The molecule has 3 aromatic rings. The quantitative estimate of drug-likeness (QED) is 0.529. The lowest BCUT2D eigenvalue weighted by molar-refractivity contribution is 0.288. The van der Waals surface area contributed by atoms with Gasteiger partial charge >= 0.3 is 0 Å². The van der Waals surface area contributed by atoms with Crippen LogP contribution in [0.15, 0.2) is 47.4 Å². The highest BCUT2D eigenvalue weighted by Gasteiger charge is 2.09. The Hall–Kier alpha value is -2.79. The van der Waals surface area contributed by atoms with Crippen molar-refractivity contribution in [2.45, 2.75) is 26.7 Å². The molecule has 0 saturated carbocycles. The average molecular weight is 399 g/mol. The molecule has 5 nitrogen and oxygen atoms in total. The van der Waals surface area contributed by atoms with E-state index in [4.69, 9.17) is 21.1 Å². The molecule has 3 rings (SSSR count). The first-order valence-electron chi connectivity index (χ1n) is 9.21. The maximum Gasteiger partial charge on any atom is 0.258 e. The SMILES string of the molecule is CCCCOc1cc(/C=C(\Cl)c2cc(=O)n3cccc(C)c3n2)ccc1OC. The van der Waals surface area contributed by atoms with E-state index in [1.54, 1.807) is 19.4 Å². The molecule has 2 heterocycles. The number of benzene rings is 1. The number of hydrogen-bond acceptors (Lipinski definition) is 4. The number of fused-ring (bicyclic) bond motifs is 1. The first-order valence-corrected chi connectivity index (χ1v) is 9.58. The third-order valence-electron chi connectivity index (χ3n) is 4.37. The number of aryl methyl sites for hydroxylation is 1. The predicted molar refractivity (Wildman–Crippen MR) is 113 cm³/mol. The minimum atomic E-state index is -0.173. The maximum absolute atomic E-state index is 12.4. The molecule has 0 amide bonds. The van der Waals surface area contributed by atoms with Gasteiger partial charge in [-0.05, 0) is 48.7 Å². The highest BCUT2D eigenvalue weighted by Crippen LogP contribution is 2.30. The van der Waals surface area contributed by atoms with Gasteiger partial charge < -0.3 is 9.47 Å². The van der Waals surface area contributed by atoms with Gasteiger partial charge in [0, 0.05) is 12.3 Å². The Morgan fingerprint density at radius 2 is 2.07 bits per heavy atom. The number of hydrogen-bond donors (Lipinski definition) is 0. The fourth-order valence-corrected chi connectivity index (χ4v) is 3.05. The highest BCUT2D eigenvalue weighted by atomic mass is 35.5. The summed E-state index contributed by atoms with van der Waals surface area (Å²) in [7, 11) is 1.61. The molecule has 2 aromatic heterocycles. The summed E-state index contributed by atoms with van der Waals surface area (Å²) in [6.07, 6.45) is 5.48. The van der Waals surface area contributed by atoms with Crippen molar-refractivity contribution in [2.75, 3.05) is 13.7 Å². The summed E-state index contributed by atoms with van der Waals surface area (Å²) in [6.45, 7) is 4.64. The second kappa shape index (κ2) is 8.93. The molecular weight excluding hydrogens is 376 g/mol. The van der Waals surface area contributed by atoms with Crippen molar-refractivity contribution in [1.82, 2.24) is 9.38 Å². The molecule has 1 aromatic carbocycles. The summed E-state index contributed by atoms with van der Waals surface area (Å²) in [5, 5.41) is 0.382. The molecule has 146 valence electrons. The van der Waals surface area contributed by atoms with Crippen LogP contribution in [0.3, 0.4) is 0 Å². The Labute approximate surface area is 169 Å². The van der Waals surface area contributed by atoms with Crippen molar-refractivity contribution in [2.24, 2.45) is 0 Å². The van der Waals surface area contributed by atoms with Crippen LogP contribution in [0.4, 0.5) is 0 Å². The van der Waals surface area contributed by atoms with Crippen LogP contribution in [0.1, 0.15) is 36.6 Å². The number of methoxy groups -OCH3 is 1. The van der Waals surface area contributed by atoms with E-state index in [0.29, 0.717) is 34.5 Å². The first kappa shape index (κ1) is 20.0. The molecule has 0 radical (unpaired) electrons. The zero-order valence-electron chi connectivity index (χ0n) is 16.2. The van der Waals surface area contributed by atoms with Crippen LogP contribution in [0.2, 0.25) is 0 Å². The highest BCUT2D eigenvalue weighted by molar-refractivity contribution is 6.51. The number of nitrogens with zero attached hydrogens (tertiary/aromatic N) is 2. The molecule has 28 heavy (non-hydrogen) atoms. The van der Waals surface area contributed by atoms with Crippen molar-refractivity contribution in [3.8, 4) is 11.5 Å². The van der Waals surface area contributed by atoms with Gasteiger partial charge in [0.15, 0.2) is 11.5 Å². The van der Waals surface area contributed by atoms with Gasteiger partial charge in [-0.25, -0.2) is 4.98 Å². The molecule has 0 bridgehead atoms. The Balaban J connectivity index is 1.97. The molecule has 0 N–H and O–H groups in total. The molecule has 0 aliphatic heterocycles. The zero-order chi connectivity index (χ0) is 20.1. The third-order valence-corrected chi connectivity index (χ3v) is 4.67. The topological polar surface area (TPSA) is 52.8 Å². The largest absolute Gasteiger partial charge is 0.493 e. The molecule has 0 atom stereocenters. The van der Waals surface area contributed by atoms with Gasteiger partial charge in [0.2, 0.25) is 0 Å². The summed E-state index contributed by atoms with van der Waals surface area (Å²) in [5.41, 5.74) is 2.60. The van der Waals surface area contributed by atoms with Gasteiger partial charge in [-0.3, -0.25) is 9.20 Å². The minimum absolute atomic E-state index is 0.173. The van der Waals surface area contributed by atoms with Crippen molar-refractivity contribution < 1.29 is 9.47 Å². The lowest BCUT2D eigenvalue weighted by Gasteiger charge is -2.11. The number of aromatic nitrogens is 2. The van der Waals surface area contributed by atoms with Crippen molar-refractivity contribution in [3.63, 3.8) is 0 Å². The van der Waals surface area contributed by atoms with E-state index in [1.165, 1.54) is 10.5 Å². The first-order chi connectivity index (χ1) is 13.5. The van der Waals surface area contributed by atoms with Crippen LogP contribution in [-0.4, -0.2) is 23.1 Å². The second-order valence-electron chi connectivity index (χ2n) is 6.47. The summed E-state index contributed by atoms with van der Waals surface area (Å²) in [6, 6.07) is 10.8. The van der Waals surface area contributed by atoms with Crippen LogP contribution < -0.4 is 15.0 Å². The van der Waals surface area contributed by atoms with Crippen LogP contribution in [-0.2, 0) is 0 Å². The van der Waals surface area contributed by atoms with Crippen LogP contribution >= 0.6 is 11.6 Å². The average Bonchev–Trinajstić information content (AvgIpc) is 2.69. The monoisotopic (exact) mass is 398 g/mol. The van der Waals surface area contributed by atoms with E-state index < -0.39 is 0 Å². The van der Waals surface area contributed by atoms with Crippen LogP contribution in [0.5, 0.6) is 11.5 Å². The number of ether oxygens (including phenoxy) is 2. The fourth-order valence-electron chi connectivity index (χ4n) is 2.83. The predicted octanol–water partition coefficient (Wildman–Crippen LogP) is 4.93. The van der Waals surface area contributed by atoms with Crippen molar-refractivity contribution in [3.05, 3.63) is 69.8 Å². The lowest BCUT2D eigenvalue weighted by atomic mass is 10.1. The Bertz CT molecular complexity index is 1070. The Morgan fingerprint density at radius 3 is 2.82 bits per heavy atom. The molecule has 0 unspecified atom stereocenters. The number of rotatable bonds is 7. The van der Waals surface area contributed by atoms with Crippen LogP contribution in [0.25, 0.3) is 16.8 Å². The van der Waals surface area contributed by atoms with Crippen LogP contribution in [0, 0.1) is 6.92 Å². The molecule has 0 aliphatic rings. The Morgan fingerprint density at radius 1 is 1.25 bits per heavy atom. The smallest absolute Gasteiger partial charge is 0.258 e. The summed E-state index contributed by atoms with van der Waals surface area (Å²) >= 11 is 6.50. The molecular formula is C22H23ClN2O3. The standard InChI is InChI=1S/C22H23ClN2O3/c1-4-5-11-28-20-13-16(8-9-19(20)27-3)12-17(23)18-14-21(26)25-10-6-7-15(2)22(25)24-18/h6-10,12-14H,4-5,11H2,1-3H3/b17-12-. The lowest BCUT2D eigenvalue weighted by Crippen LogP contribution is -2.15. The van der Waals surface area contributed by atoms with Gasteiger partial charge in [-0.2, -0.15) is 0 Å². The Kier molecular flexibility index (Phi) is 6.37. The number of halogens is 1. The second-order valence-corrected chi connectivity index (χ2v) is 6.88. The van der Waals surface area contributed by atoms with E-state index in [2.05, 4.69) is 11.9 Å². The molecule has 6 heteroatoms. The number of unbranched alkanes of at least 4 members (excludes halogenated alkanes) is 1. The summed E-state index contributed by atoms with van der Waals surface area (Å²) < 4.78 is 12.7. The van der Waals surface area contributed by atoms with Gasteiger partial charge in [0.1, 0.15) is 5.65 Å². The van der Waals surface area contributed by atoms with E-state index in [0.717, 1.165) is 24.0 Å². The molecule has 0 fully saturated rings.